The number of methoxy groups -OCH3 is 1. The van der Waals surface area contributed by atoms with Gasteiger partial charge in [-0.3, -0.25) is 0 Å². The first-order chi connectivity index (χ1) is 10.7. The van der Waals surface area contributed by atoms with Gasteiger partial charge in [0, 0.05) is 13.0 Å². The minimum Gasteiger partial charge on any atom is -0.491 e. The number of hydrogen-bond donors (Lipinski definition) is 0. The van der Waals surface area contributed by atoms with E-state index in [0.717, 1.165) is 33.0 Å². The molecule has 22 heavy (non-hydrogen) atoms. The Kier molecular flexibility index (Phi) is 4.55. The van der Waals surface area contributed by atoms with Crippen molar-refractivity contribution in [2.75, 3.05) is 20.3 Å². The van der Waals surface area contributed by atoms with E-state index in [1.54, 1.807) is 13.4 Å². The van der Waals surface area contributed by atoms with Crippen LogP contribution in [-0.2, 0) is 4.74 Å². The van der Waals surface area contributed by atoms with Crippen LogP contribution in [0, 0.1) is 6.92 Å². The molecular weight excluding hydrogens is 298 g/mol. The smallest absolute Gasteiger partial charge is 0.132 e. The number of thiocarbonyl (C=S) groups is 1. The highest BCUT2D eigenvalue weighted by Gasteiger charge is 2.31. The van der Waals surface area contributed by atoms with E-state index in [-0.39, 0.29) is 0 Å². The molecule has 0 atom stereocenters. The molecule has 1 aromatic carbocycles. The second-order valence-electron chi connectivity index (χ2n) is 5.49. The SMILES string of the molecule is COCCOc1cccc(C(=S)c2conc2C2CC2)c1C. The summed E-state index contributed by atoms with van der Waals surface area (Å²) < 4.78 is 15.9. The molecule has 116 valence electrons. The van der Waals surface area contributed by atoms with Crippen LogP contribution >= 0.6 is 12.2 Å². The van der Waals surface area contributed by atoms with Gasteiger partial charge in [0.1, 0.15) is 18.6 Å². The molecule has 0 saturated heterocycles. The zero-order valence-electron chi connectivity index (χ0n) is 12.8. The van der Waals surface area contributed by atoms with Gasteiger partial charge in [-0.05, 0) is 37.0 Å². The lowest BCUT2D eigenvalue weighted by atomic mass is 9.99. The van der Waals surface area contributed by atoms with Gasteiger partial charge in [0.15, 0.2) is 0 Å². The Labute approximate surface area is 135 Å². The van der Waals surface area contributed by atoms with Crippen molar-refractivity contribution < 1.29 is 14.0 Å². The average Bonchev–Trinajstić information content (AvgIpc) is 3.25. The fourth-order valence-corrected chi connectivity index (χ4v) is 2.84. The molecule has 0 amide bonds. The molecule has 0 bridgehead atoms. The largest absolute Gasteiger partial charge is 0.491 e. The Bertz CT molecular complexity index is 676. The third-order valence-corrected chi connectivity index (χ3v) is 4.32. The van der Waals surface area contributed by atoms with Crippen molar-refractivity contribution in [1.82, 2.24) is 5.16 Å². The van der Waals surface area contributed by atoms with Gasteiger partial charge in [0.2, 0.25) is 0 Å². The summed E-state index contributed by atoms with van der Waals surface area (Å²) in [5.74, 6) is 1.34. The average molecular weight is 317 g/mol. The number of hydrogen-bond acceptors (Lipinski definition) is 5. The molecule has 4 nitrogen and oxygen atoms in total. The van der Waals surface area contributed by atoms with Crippen LogP contribution in [-0.4, -0.2) is 30.3 Å². The highest BCUT2D eigenvalue weighted by atomic mass is 32.1. The summed E-state index contributed by atoms with van der Waals surface area (Å²) >= 11 is 5.68. The van der Waals surface area contributed by atoms with Gasteiger partial charge in [0.05, 0.1) is 22.7 Å². The van der Waals surface area contributed by atoms with Crippen molar-refractivity contribution in [1.29, 1.82) is 0 Å². The second kappa shape index (κ2) is 6.58. The second-order valence-corrected chi connectivity index (χ2v) is 5.90. The monoisotopic (exact) mass is 317 g/mol. The van der Waals surface area contributed by atoms with Crippen molar-refractivity contribution in [2.45, 2.75) is 25.7 Å². The van der Waals surface area contributed by atoms with Gasteiger partial charge in [-0.1, -0.05) is 29.5 Å². The van der Waals surface area contributed by atoms with Crippen LogP contribution in [0.3, 0.4) is 0 Å². The molecule has 0 aliphatic heterocycles. The molecular formula is C17H19NO3S. The van der Waals surface area contributed by atoms with E-state index in [4.69, 9.17) is 26.2 Å². The van der Waals surface area contributed by atoms with Gasteiger partial charge in [-0.15, -0.1) is 0 Å². The number of rotatable bonds is 7. The summed E-state index contributed by atoms with van der Waals surface area (Å²) in [5.41, 5.74) is 3.96. The summed E-state index contributed by atoms with van der Waals surface area (Å²) in [5, 5.41) is 4.13. The normalized spacial score (nSPS) is 14.1. The maximum absolute atomic E-state index is 5.75. The molecule has 1 fully saturated rings. The molecule has 5 heteroatoms. The molecule has 0 N–H and O–H groups in total. The molecule has 1 saturated carbocycles. The van der Waals surface area contributed by atoms with E-state index in [2.05, 4.69) is 5.16 Å². The minimum atomic E-state index is 0.508. The van der Waals surface area contributed by atoms with Gasteiger partial charge < -0.3 is 14.0 Å². The summed E-state index contributed by atoms with van der Waals surface area (Å²) in [7, 11) is 1.66. The van der Waals surface area contributed by atoms with E-state index in [1.165, 1.54) is 12.8 Å². The van der Waals surface area contributed by atoms with Crippen molar-refractivity contribution in [3.05, 3.63) is 46.8 Å². The van der Waals surface area contributed by atoms with Crippen molar-refractivity contribution in [3.8, 4) is 5.75 Å². The van der Waals surface area contributed by atoms with E-state index in [1.807, 2.05) is 25.1 Å². The lowest BCUT2D eigenvalue weighted by Crippen LogP contribution is -2.08. The van der Waals surface area contributed by atoms with Crippen LogP contribution < -0.4 is 4.74 Å². The third kappa shape index (κ3) is 3.05. The molecule has 1 aliphatic rings. The first kappa shape index (κ1) is 15.2. The molecule has 0 radical (unpaired) electrons. The predicted molar refractivity (Wildman–Crippen MR) is 87.8 cm³/mol. The lowest BCUT2D eigenvalue weighted by Gasteiger charge is -2.13. The minimum absolute atomic E-state index is 0.508. The van der Waals surface area contributed by atoms with E-state index < -0.39 is 0 Å². The standard InChI is InChI=1S/C17H19NO3S/c1-11-13(4-3-5-15(11)20-9-8-19-2)17(22)14-10-21-18-16(14)12-6-7-12/h3-5,10,12H,6-9H2,1-2H3. The van der Waals surface area contributed by atoms with E-state index in [9.17, 15) is 0 Å². The summed E-state index contributed by atoms with van der Waals surface area (Å²) in [4.78, 5) is 0.776. The zero-order valence-corrected chi connectivity index (χ0v) is 13.6. The third-order valence-electron chi connectivity index (χ3n) is 3.88. The van der Waals surface area contributed by atoms with Crippen LogP contribution in [0.4, 0.5) is 0 Å². The van der Waals surface area contributed by atoms with Gasteiger partial charge >= 0.3 is 0 Å². The molecule has 1 aliphatic carbocycles. The van der Waals surface area contributed by atoms with E-state index >= 15 is 0 Å². The first-order valence-corrected chi connectivity index (χ1v) is 7.83. The summed E-state index contributed by atoms with van der Waals surface area (Å²) in [6, 6.07) is 5.93. The number of ether oxygens (including phenoxy) is 2. The topological polar surface area (TPSA) is 44.5 Å². The maximum atomic E-state index is 5.75. The molecule has 2 aromatic rings. The zero-order chi connectivity index (χ0) is 15.5. The fraction of sp³-hybridized carbons (Fsp3) is 0.412. The lowest BCUT2D eigenvalue weighted by molar-refractivity contribution is 0.146. The Balaban J connectivity index is 1.85. The Hall–Kier alpha value is -1.72. The quantitative estimate of drug-likeness (QED) is 0.443. The molecule has 0 unspecified atom stereocenters. The van der Waals surface area contributed by atoms with Gasteiger partial charge in [-0.2, -0.15) is 0 Å². The maximum Gasteiger partial charge on any atom is 0.132 e. The van der Waals surface area contributed by atoms with Crippen molar-refractivity contribution in [2.24, 2.45) is 0 Å². The molecule has 3 rings (SSSR count). The van der Waals surface area contributed by atoms with Crippen molar-refractivity contribution in [3.63, 3.8) is 0 Å². The van der Waals surface area contributed by atoms with Crippen LogP contribution in [0.5, 0.6) is 5.75 Å². The van der Waals surface area contributed by atoms with Crippen LogP contribution in [0.15, 0.2) is 29.0 Å². The van der Waals surface area contributed by atoms with Crippen LogP contribution in [0.2, 0.25) is 0 Å². The predicted octanol–water partition coefficient (Wildman–Crippen LogP) is 3.65. The Morgan fingerprint density at radius 3 is 2.86 bits per heavy atom. The first-order valence-electron chi connectivity index (χ1n) is 7.42. The number of aromatic nitrogens is 1. The molecule has 1 aromatic heterocycles. The highest BCUT2D eigenvalue weighted by molar-refractivity contribution is 7.81. The van der Waals surface area contributed by atoms with Crippen LogP contribution in [0.1, 0.15) is 41.1 Å². The molecule has 1 heterocycles. The van der Waals surface area contributed by atoms with Crippen LogP contribution in [0.25, 0.3) is 0 Å². The Morgan fingerprint density at radius 1 is 1.32 bits per heavy atom. The summed E-state index contributed by atoms with van der Waals surface area (Å²) in [6.07, 6.45) is 4.00. The summed E-state index contributed by atoms with van der Waals surface area (Å²) in [6.45, 7) is 3.10. The number of nitrogens with zero attached hydrogens (tertiary/aromatic N) is 1. The van der Waals surface area contributed by atoms with Gasteiger partial charge in [-0.25, -0.2) is 0 Å². The highest BCUT2D eigenvalue weighted by Crippen LogP contribution is 2.41. The van der Waals surface area contributed by atoms with Gasteiger partial charge in [0.25, 0.3) is 0 Å². The van der Waals surface area contributed by atoms with E-state index in [0.29, 0.717) is 19.1 Å². The molecule has 0 spiro atoms. The number of benzene rings is 1. The Morgan fingerprint density at radius 2 is 2.14 bits per heavy atom. The van der Waals surface area contributed by atoms with Crippen molar-refractivity contribution >= 4 is 17.1 Å². The fourth-order valence-electron chi connectivity index (χ4n) is 2.46.